The van der Waals surface area contributed by atoms with Gasteiger partial charge in [0.25, 0.3) is 5.91 Å². The van der Waals surface area contributed by atoms with E-state index >= 15 is 0 Å². The van der Waals surface area contributed by atoms with Gasteiger partial charge >= 0.3 is 0 Å². The maximum Gasteiger partial charge on any atom is 0.253 e. The summed E-state index contributed by atoms with van der Waals surface area (Å²) in [4.78, 5) is 28.7. The van der Waals surface area contributed by atoms with Crippen molar-refractivity contribution >= 4 is 28.8 Å². The molecule has 1 fully saturated rings. The molecule has 1 aliphatic heterocycles. The summed E-state index contributed by atoms with van der Waals surface area (Å²) in [6, 6.07) is 21.8. The van der Waals surface area contributed by atoms with Crippen LogP contribution in [0.5, 0.6) is 0 Å². The molecule has 1 aliphatic rings. The Hall–Kier alpha value is -3.12. The smallest absolute Gasteiger partial charge is 0.253 e. The van der Waals surface area contributed by atoms with Gasteiger partial charge in [-0.2, -0.15) is 0 Å². The van der Waals surface area contributed by atoms with Crippen LogP contribution in [0.1, 0.15) is 46.6 Å². The highest BCUT2D eigenvalue weighted by molar-refractivity contribution is 7.10. The second-order valence-electron chi connectivity index (χ2n) is 8.21. The summed E-state index contributed by atoms with van der Waals surface area (Å²) in [5.41, 5.74) is 2.72. The molecule has 0 unspecified atom stereocenters. The van der Waals surface area contributed by atoms with Gasteiger partial charge in [-0.25, -0.2) is 0 Å². The monoisotopic (exact) mass is 447 g/mol. The lowest BCUT2D eigenvalue weighted by Gasteiger charge is -2.35. The molecule has 6 heteroatoms. The van der Waals surface area contributed by atoms with E-state index in [1.165, 1.54) is 0 Å². The summed E-state index contributed by atoms with van der Waals surface area (Å²) < 4.78 is 0. The average Bonchev–Trinajstić information content (AvgIpc) is 3.33. The van der Waals surface area contributed by atoms with Gasteiger partial charge in [0.1, 0.15) is 0 Å². The van der Waals surface area contributed by atoms with Crippen molar-refractivity contribution in [1.82, 2.24) is 10.6 Å². The fraction of sp³-hybridized carbons (Fsp3) is 0.308. The van der Waals surface area contributed by atoms with E-state index in [1.807, 2.05) is 79.0 Å². The molecule has 1 aromatic heterocycles. The van der Waals surface area contributed by atoms with Gasteiger partial charge in [-0.15, -0.1) is 11.3 Å². The van der Waals surface area contributed by atoms with Gasteiger partial charge in [-0.3, -0.25) is 9.59 Å². The first-order valence-electron chi connectivity index (χ1n) is 11.1. The van der Waals surface area contributed by atoms with E-state index in [0.717, 1.165) is 42.1 Å². The minimum atomic E-state index is -0.0685. The number of nitrogens with zero attached hydrogens (tertiary/aromatic N) is 1. The van der Waals surface area contributed by atoms with E-state index in [4.69, 9.17) is 0 Å². The normalized spacial score (nSPS) is 15.2. The Bertz CT molecular complexity index is 1030. The first-order valence-corrected chi connectivity index (χ1v) is 12.0. The molecule has 1 saturated heterocycles. The molecule has 2 amide bonds. The van der Waals surface area contributed by atoms with Crippen molar-refractivity contribution in [1.29, 1.82) is 0 Å². The second-order valence-corrected chi connectivity index (χ2v) is 9.24. The SMILES string of the molecule is C[C@H](NC(=O)c1ccccc1N1CCC(NC(=O)Cc2cccs2)CC1)c1ccccc1. The number of thiophene rings is 1. The van der Waals surface area contributed by atoms with Crippen LogP contribution in [0.2, 0.25) is 0 Å². The van der Waals surface area contributed by atoms with E-state index in [2.05, 4.69) is 15.5 Å². The second kappa shape index (κ2) is 10.5. The van der Waals surface area contributed by atoms with Crippen molar-refractivity contribution in [2.45, 2.75) is 38.3 Å². The number of rotatable bonds is 7. The molecule has 0 saturated carbocycles. The fourth-order valence-corrected chi connectivity index (χ4v) is 4.86. The van der Waals surface area contributed by atoms with E-state index in [-0.39, 0.29) is 23.9 Å². The van der Waals surface area contributed by atoms with Crippen molar-refractivity contribution in [3.63, 3.8) is 0 Å². The number of hydrogen-bond donors (Lipinski definition) is 2. The van der Waals surface area contributed by atoms with Crippen molar-refractivity contribution in [3.8, 4) is 0 Å². The summed E-state index contributed by atoms with van der Waals surface area (Å²) in [5.74, 6) is 0.0175. The Morgan fingerprint density at radius 3 is 2.44 bits per heavy atom. The van der Waals surface area contributed by atoms with E-state index in [0.29, 0.717) is 12.0 Å². The number of carbonyl (C=O) groups excluding carboxylic acids is 2. The Kier molecular flexibility index (Phi) is 7.22. The molecule has 2 heterocycles. The highest BCUT2D eigenvalue weighted by Crippen LogP contribution is 2.25. The first-order chi connectivity index (χ1) is 15.6. The molecule has 5 nitrogen and oxygen atoms in total. The Morgan fingerprint density at radius 1 is 1.00 bits per heavy atom. The predicted molar refractivity (Wildman–Crippen MR) is 130 cm³/mol. The van der Waals surface area contributed by atoms with Gasteiger partial charge in [0.05, 0.1) is 18.0 Å². The van der Waals surface area contributed by atoms with Gasteiger partial charge in [0.15, 0.2) is 0 Å². The standard InChI is InChI=1S/C26H29N3O2S/c1-19(20-8-3-2-4-9-20)27-26(31)23-11-5-6-12-24(23)29-15-13-21(14-16-29)28-25(30)18-22-10-7-17-32-22/h2-12,17,19,21H,13-16,18H2,1H3,(H,27,31)(H,28,30)/t19-/m0/s1. The Morgan fingerprint density at radius 2 is 1.72 bits per heavy atom. The van der Waals surface area contributed by atoms with Gasteiger partial charge < -0.3 is 15.5 Å². The van der Waals surface area contributed by atoms with Crippen LogP contribution in [0.25, 0.3) is 0 Å². The third kappa shape index (κ3) is 5.56. The van der Waals surface area contributed by atoms with Crippen LogP contribution in [0.15, 0.2) is 72.1 Å². The van der Waals surface area contributed by atoms with Crippen LogP contribution in [0.3, 0.4) is 0 Å². The maximum absolute atomic E-state index is 13.1. The van der Waals surface area contributed by atoms with Crippen molar-refractivity contribution in [3.05, 3.63) is 88.1 Å². The van der Waals surface area contributed by atoms with Gasteiger partial charge in [-0.05, 0) is 48.9 Å². The van der Waals surface area contributed by atoms with Gasteiger partial charge in [-0.1, -0.05) is 48.5 Å². The van der Waals surface area contributed by atoms with Crippen LogP contribution >= 0.6 is 11.3 Å². The molecule has 0 bridgehead atoms. The Labute approximate surface area is 193 Å². The topological polar surface area (TPSA) is 61.4 Å². The number of benzene rings is 2. The zero-order chi connectivity index (χ0) is 22.3. The summed E-state index contributed by atoms with van der Waals surface area (Å²) in [6.45, 7) is 3.62. The molecule has 0 aliphatic carbocycles. The molecule has 0 radical (unpaired) electrons. The minimum Gasteiger partial charge on any atom is -0.371 e. The molecule has 166 valence electrons. The first kappa shape index (κ1) is 22.1. The largest absolute Gasteiger partial charge is 0.371 e. The van der Waals surface area contributed by atoms with Gasteiger partial charge in [0, 0.05) is 29.7 Å². The van der Waals surface area contributed by atoms with Crippen molar-refractivity contribution in [2.75, 3.05) is 18.0 Å². The summed E-state index contributed by atoms with van der Waals surface area (Å²) in [6.07, 6.45) is 2.18. The number of piperidine rings is 1. The van der Waals surface area contributed by atoms with Crippen molar-refractivity contribution < 1.29 is 9.59 Å². The van der Waals surface area contributed by atoms with Crippen LogP contribution < -0.4 is 15.5 Å². The third-order valence-electron chi connectivity index (χ3n) is 5.91. The lowest BCUT2D eigenvalue weighted by molar-refractivity contribution is -0.121. The van der Waals surface area contributed by atoms with Gasteiger partial charge in [0.2, 0.25) is 5.91 Å². The molecule has 4 rings (SSSR count). The van der Waals surface area contributed by atoms with Crippen LogP contribution in [0.4, 0.5) is 5.69 Å². The molecule has 3 aromatic rings. The predicted octanol–water partition coefficient (Wildman–Crippen LogP) is 4.57. The number of hydrogen-bond acceptors (Lipinski definition) is 4. The maximum atomic E-state index is 13.1. The summed E-state index contributed by atoms with van der Waals surface area (Å²) >= 11 is 1.61. The number of carbonyl (C=O) groups is 2. The molecule has 32 heavy (non-hydrogen) atoms. The fourth-order valence-electron chi connectivity index (χ4n) is 4.16. The Balaban J connectivity index is 1.35. The highest BCUT2D eigenvalue weighted by Gasteiger charge is 2.24. The third-order valence-corrected chi connectivity index (χ3v) is 6.79. The van der Waals surface area contributed by atoms with Crippen molar-refractivity contribution in [2.24, 2.45) is 0 Å². The zero-order valence-electron chi connectivity index (χ0n) is 18.3. The highest BCUT2D eigenvalue weighted by atomic mass is 32.1. The number of amides is 2. The molecule has 2 aromatic carbocycles. The number of nitrogens with one attached hydrogen (secondary N) is 2. The molecule has 2 N–H and O–H groups in total. The summed E-state index contributed by atoms with van der Waals surface area (Å²) in [7, 11) is 0. The molecular weight excluding hydrogens is 418 g/mol. The van der Waals surface area contributed by atoms with E-state index < -0.39 is 0 Å². The van der Waals surface area contributed by atoms with Crippen LogP contribution in [-0.4, -0.2) is 30.9 Å². The molecule has 1 atom stereocenters. The number of para-hydroxylation sites is 1. The lowest BCUT2D eigenvalue weighted by atomic mass is 10.0. The quantitative estimate of drug-likeness (QED) is 0.558. The zero-order valence-corrected chi connectivity index (χ0v) is 19.1. The average molecular weight is 448 g/mol. The molecule has 0 spiro atoms. The van der Waals surface area contributed by atoms with E-state index in [1.54, 1.807) is 11.3 Å². The number of anilines is 1. The minimum absolute atomic E-state index is 0.0664. The molecular formula is C26H29N3O2S. The summed E-state index contributed by atoms with van der Waals surface area (Å²) in [5, 5.41) is 8.29. The lowest BCUT2D eigenvalue weighted by Crippen LogP contribution is -2.45. The van der Waals surface area contributed by atoms with E-state index in [9.17, 15) is 9.59 Å². The van der Waals surface area contributed by atoms with Crippen LogP contribution in [-0.2, 0) is 11.2 Å². The van der Waals surface area contributed by atoms with Crippen LogP contribution in [0, 0.1) is 0 Å².